The predicted molar refractivity (Wildman–Crippen MR) is 59.5 cm³/mol. The van der Waals surface area contributed by atoms with Gasteiger partial charge in [0.2, 0.25) is 0 Å². The van der Waals surface area contributed by atoms with Crippen LogP contribution in [0, 0.1) is 0 Å². The molecule has 0 aromatic heterocycles. The standard InChI is InChI=1S/C11H22N2O2/c1-10(2,3)15-9(14)11(12)5-7-13(4)8-6-11/h5-8,12H2,1-4H3. The summed E-state index contributed by atoms with van der Waals surface area (Å²) < 4.78 is 5.33. The molecule has 4 nitrogen and oxygen atoms in total. The van der Waals surface area contributed by atoms with Crippen molar-refractivity contribution in [2.75, 3.05) is 20.1 Å². The highest BCUT2D eigenvalue weighted by molar-refractivity contribution is 5.81. The van der Waals surface area contributed by atoms with E-state index in [1.165, 1.54) is 0 Å². The lowest BCUT2D eigenvalue weighted by molar-refractivity contribution is -0.163. The first kappa shape index (κ1) is 12.5. The van der Waals surface area contributed by atoms with Gasteiger partial charge in [-0.15, -0.1) is 0 Å². The van der Waals surface area contributed by atoms with Gasteiger partial charge in [0.15, 0.2) is 0 Å². The first-order valence-electron chi connectivity index (χ1n) is 5.44. The number of nitrogens with two attached hydrogens (primary N) is 1. The number of piperidine rings is 1. The van der Waals surface area contributed by atoms with Gasteiger partial charge in [0.1, 0.15) is 11.1 Å². The number of nitrogens with zero attached hydrogens (tertiary/aromatic N) is 1. The fourth-order valence-corrected chi connectivity index (χ4v) is 1.60. The van der Waals surface area contributed by atoms with Crippen LogP contribution < -0.4 is 5.73 Å². The third-order valence-electron chi connectivity index (χ3n) is 2.68. The molecular formula is C11H22N2O2. The molecule has 1 saturated heterocycles. The molecule has 0 bridgehead atoms. The van der Waals surface area contributed by atoms with E-state index in [2.05, 4.69) is 4.90 Å². The highest BCUT2D eigenvalue weighted by Gasteiger charge is 2.39. The smallest absolute Gasteiger partial charge is 0.326 e. The van der Waals surface area contributed by atoms with Crippen LogP contribution in [-0.2, 0) is 9.53 Å². The summed E-state index contributed by atoms with van der Waals surface area (Å²) in [6.07, 6.45) is 1.36. The maximum Gasteiger partial charge on any atom is 0.326 e. The minimum Gasteiger partial charge on any atom is -0.459 e. The highest BCUT2D eigenvalue weighted by atomic mass is 16.6. The molecule has 0 spiro atoms. The molecule has 15 heavy (non-hydrogen) atoms. The van der Waals surface area contributed by atoms with Crippen molar-refractivity contribution in [1.29, 1.82) is 0 Å². The zero-order valence-corrected chi connectivity index (χ0v) is 10.2. The van der Waals surface area contributed by atoms with Gasteiger partial charge in [-0.05, 0) is 40.7 Å². The fourth-order valence-electron chi connectivity index (χ4n) is 1.60. The third-order valence-corrected chi connectivity index (χ3v) is 2.68. The van der Waals surface area contributed by atoms with E-state index in [1.54, 1.807) is 0 Å². The molecular weight excluding hydrogens is 192 g/mol. The van der Waals surface area contributed by atoms with E-state index in [1.807, 2.05) is 27.8 Å². The Morgan fingerprint density at radius 3 is 2.20 bits per heavy atom. The number of hydrogen-bond donors (Lipinski definition) is 1. The van der Waals surface area contributed by atoms with Crippen LogP contribution in [0.3, 0.4) is 0 Å². The Balaban J connectivity index is 2.58. The van der Waals surface area contributed by atoms with Gasteiger partial charge in [0.25, 0.3) is 0 Å². The maximum atomic E-state index is 11.9. The number of esters is 1. The topological polar surface area (TPSA) is 55.6 Å². The van der Waals surface area contributed by atoms with Gasteiger partial charge in [0.05, 0.1) is 0 Å². The van der Waals surface area contributed by atoms with Gasteiger partial charge >= 0.3 is 5.97 Å². The zero-order chi connectivity index (χ0) is 11.7. The van der Waals surface area contributed by atoms with Gasteiger partial charge in [-0.3, -0.25) is 4.79 Å². The van der Waals surface area contributed by atoms with Crippen LogP contribution in [0.5, 0.6) is 0 Å². The van der Waals surface area contributed by atoms with Crippen molar-refractivity contribution in [2.24, 2.45) is 5.73 Å². The summed E-state index contributed by atoms with van der Waals surface area (Å²) in [5.74, 6) is -0.261. The fraction of sp³-hybridized carbons (Fsp3) is 0.909. The molecule has 88 valence electrons. The second-order valence-electron chi connectivity index (χ2n) is 5.46. The van der Waals surface area contributed by atoms with Gasteiger partial charge in [0, 0.05) is 13.1 Å². The first-order chi connectivity index (χ1) is 6.73. The molecule has 0 atom stereocenters. The molecule has 1 fully saturated rings. The minimum absolute atomic E-state index is 0.261. The summed E-state index contributed by atoms with van der Waals surface area (Å²) in [4.78, 5) is 14.1. The van der Waals surface area contributed by atoms with E-state index in [4.69, 9.17) is 10.5 Å². The van der Waals surface area contributed by atoms with Crippen LogP contribution in [0.1, 0.15) is 33.6 Å². The molecule has 0 aliphatic carbocycles. The van der Waals surface area contributed by atoms with Crippen LogP contribution in [-0.4, -0.2) is 42.1 Å². The first-order valence-corrected chi connectivity index (χ1v) is 5.44. The van der Waals surface area contributed by atoms with Gasteiger partial charge in [-0.2, -0.15) is 0 Å². The number of hydrogen-bond acceptors (Lipinski definition) is 4. The molecule has 1 aliphatic rings. The average Bonchev–Trinajstić information content (AvgIpc) is 2.07. The SMILES string of the molecule is CN1CCC(N)(C(=O)OC(C)(C)C)CC1. The number of ether oxygens (including phenoxy) is 1. The normalized spacial score (nSPS) is 22.5. The van der Waals surface area contributed by atoms with Gasteiger partial charge in [-0.1, -0.05) is 0 Å². The molecule has 0 unspecified atom stereocenters. The van der Waals surface area contributed by atoms with Crippen molar-refractivity contribution in [3.05, 3.63) is 0 Å². The number of likely N-dealkylation sites (tertiary alicyclic amines) is 1. The van der Waals surface area contributed by atoms with Crippen molar-refractivity contribution in [2.45, 2.75) is 44.8 Å². The van der Waals surface area contributed by atoms with Gasteiger partial charge < -0.3 is 15.4 Å². The summed E-state index contributed by atoms with van der Waals surface area (Å²) in [6.45, 7) is 7.31. The summed E-state index contributed by atoms with van der Waals surface area (Å²) in [5.41, 5.74) is 4.84. The molecule has 0 amide bonds. The average molecular weight is 214 g/mol. The Morgan fingerprint density at radius 2 is 1.80 bits per heavy atom. The second kappa shape index (κ2) is 4.10. The Morgan fingerprint density at radius 1 is 1.33 bits per heavy atom. The van der Waals surface area contributed by atoms with E-state index in [9.17, 15) is 4.79 Å². The molecule has 1 rings (SSSR count). The monoisotopic (exact) mass is 214 g/mol. The van der Waals surface area contributed by atoms with E-state index in [-0.39, 0.29) is 5.97 Å². The van der Waals surface area contributed by atoms with Crippen LogP contribution in [0.2, 0.25) is 0 Å². The second-order valence-corrected chi connectivity index (χ2v) is 5.46. The van der Waals surface area contributed by atoms with Gasteiger partial charge in [-0.25, -0.2) is 0 Å². The summed E-state index contributed by atoms with van der Waals surface area (Å²) >= 11 is 0. The minimum atomic E-state index is -0.778. The lowest BCUT2D eigenvalue weighted by atomic mass is 9.89. The lowest BCUT2D eigenvalue weighted by Crippen LogP contribution is -2.56. The predicted octanol–water partition coefficient (Wildman–Crippen LogP) is 0.751. The van der Waals surface area contributed by atoms with Crippen molar-refractivity contribution < 1.29 is 9.53 Å². The molecule has 1 heterocycles. The van der Waals surface area contributed by atoms with E-state index in [0.717, 1.165) is 13.1 Å². The molecule has 0 radical (unpaired) electrons. The van der Waals surface area contributed by atoms with Crippen molar-refractivity contribution >= 4 is 5.97 Å². The van der Waals surface area contributed by atoms with Crippen molar-refractivity contribution in [1.82, 2.24) is 4.90 Å². The highest BCUT2D eigenvalue weighted by Crippen LogP contribution is 2.22. The number of carbonyl (C=O) groups excluding carboxylic acids is 1. The van der Waals surface area contributed by atoms with E-state index < -0.39 is 11.1 Å². The number of rotatable bonds is 1. The maximum absolute atomic E-state index is 11.9. The van der Waals surface area contributed by atoms with E-state index >= 15 is 0 Å². The van der Waals surface area contributed by atoms with Crippen molar-refractivity contribution in [3.63, 3.8) is 0 Å². The lowest BCUT2D eigenvalue weighted by Gasteiger charge is -2.37. The van der Waals surface area contributed by atoms with Crippen molar-refractivity contribution in [3.8, 4) is 0 Å². The van der Waals surface area contributed by atoms with Crippen LogP contribution >= 0.6 is 0 Å². The Bertz CT molecular complexity index is 237. The molecule has 4 heteroatoms. The molecule has 0 saturated carbocycles. The molecule has 0 aromatic rings. The quantitative estimate of drug-likeness (QED) is 0.654. The van der Waals surface area contributed by atoms with Crippen LogP contribution in [0.25, 0.3) is 0 Å². The third kappa shape index (κ3) is 3.47. The summed E-state index contributed by atoms with van der Waals surface area (Å²) in [5, 5.41) is 0. The van der Waals surface area contributed by atoms with Crippen LogP contribution in [0.4, 0.5) is 0 Å². The molecule has 1 aliphatic heterocycles. The number of carbonyl (C=O) groups is 1. The molecule has 2 N–H and O–H groups in total. The summed E-state index contributed by atoms with van der Waals surface area (Å²) in [7, 11) is 2.04. The van der Waals surface area contributed by atoms with Crippen LogP contribution in [0.15, 0.2) is 0 Å². The Labute approximate surface area is 91.8 Å². The largest absolute Gasteiger partial charge is 0.459 e. The molecule has 0 aromatic carbocycles. The Hall–Kier alpha value is -0.610. The zero-order valence-electron chi connectivity index (χ0n) is 10.2. The summed E-state index contributed by atoms with van der Waals surface area (Å²) in [6, 6.07) is 0. The van der Waals surface area contributed by atoms with E-state index in [0.29, 0.717) is 12.8 Å². The Kier molecular flexibility index (Phi) is 3.41.